The Kier molecular flexibility index (Phi) is 4.28. The Bertz CT molecular complexity index is 374. The zero-order valence-electron chi connectivity index (χ0n) is 8.53. The number of halogens is 1. The van der Waals surface area contributed by atoms with Crippen molar-refractivity contribution in [2.45, 2.75) is 13.0 Å². The Hall–Kier alpha value is -0.880. The number of rotatable bonds is 4. The molecule has 2 atom stereocenters. The van der Waals surface area contributed by atoms with Crippen molar-refractivity contribution in [3.63, 3.8) is 0 Å². The molecule has 15 heavy (non-hydrogen) atoms. The summed E-state index contributed by atoms with van der Waals surface area (Å²) in [6.45, 7) is 1.90. The average molecular weight is 249 g/mol. The van der Waals surface area contributed by atoms with Gasteiger partial charge in [-0.15, -0.1) is 0 Å². The van der Waals surface area contributed by atoms with Gasteiger partial charge in [0.1, 0.15) is 12.0 Å². The summed E-state index contributed by atoms with van der Waals surface area (Å²) in [7, 11) is -0.861. The van der Waals surface area contributed by atoms with Crippen LogP contribution in [-0.4, -0.2) is 32.2 Å². The fourth-order valence-corrected chi connectivity index (χ4v) is 2.04. The molecule has 0 aromatic carbocycles. The van der Waals surface area contributed by atoms with E-state index >= 15 is 0 Å². The van der Waals surface area contributed by atoms with Gasteiger partial charge in [-0.05, 0) is 6.92 Å². The fraction of sp³-hybridized carbons (Fsp3) is 0.500. The van der Waals surface area contributed by atoms with Crippen LogP contribution in [0.2, 0.25) is 5.15 Å². The molecule has 1 aromatic heterocycles. The number of hydrogen-bond donors (Lipinski definition) is 2. The highest BCUT2D eigenvalue weighted by atomic mass is 35.5. The van der Waals surface area contributed by atoms with Crippen molar-refractivity contribution in [1.29, 1.82) is 0 Å². The van der Waals surface area contributed by atoms with Crippen LogP contribution in [0.1, 0.15) is 6.92 Å². The number of anilines is 2. The van der Waals surface area contributed by atoms with E-state index in [4.69, 9.17) is 17.3 Å². The monoisotopic (exact) mass is 248 g/mol. The Balaban J connectivity index is 2.72. The van der Waals surface area contributed by atoms with E-state index in [1.54, 1.807) is 6.26 Å². The van der Waals surface area contributed by atoms with E-state index in [1.165, 1.54) is 6.33 Å². The van der Waals surface area contributed by atoms with Crippen molar-refractivity contribution >= 4 is 33.9 Å². The van der Waals surface area contributed by atoms with Crippen LogP contribution in [0.4, 0.5) is 11.5 Å². The van der Waals surface area contributed by atoms with Gasteiger partial charge in [-0.2, -0.15) is 0 Å². The third kappa shape index (κ3) is 3.64. The molecular weight excluding hydrogens is 236 g/mol. The fourth-order valence-electron chi connectivity index (χ4n) is 1.12. The first-order chi connectivity index (χ1) is 7.00. The summed E-state index contributed by atoms with van der Waals surface area (Å²) >= 11 is 5.73. The van der Waals surface area contributed by atoms with Gasteiger partial charge in [0.05, 0.1) is 0 Å². The number of nitrogens with two attached hydrogens (primary N) is 1. The normalized spacial score (nSPS) is 14.6. The second-order valence-electron chi connectivity index (χ2n) is 3.21. The van der Waals surface area contributed by atoms with Crippen molar-refractivity contribution in [3.8, 4) is 0 Å². The van der Waals surface area contributed by atoms with Gasteiger partial charge in [0, 0.05) is 28.9 Å². The smallest absolute Gasteiger partial charge is 0.157 e. The van der Waals surface area contributed by atoms with Crippen molar-refractivity contribution in [2.75, 3.05) is 23.1 Å². The van der Waals surface area contributed by atoms with E-state index in [9.17, 15) is 4.21 Å². The first kappa shape index (κ1) is 12.2. The van der Waals surface area contributed by atoms with Crippen LogP contribution in [0.25, 0.3) is 0 Å². The van der Waals surface area contributed by atoms with E-state index in [-0.39, 0.29) is 11.2 Å². The topological polar surface area (TPSA) is 80.9 Å². The predicted molar refractivity (Wildman–Crippen MR) is 63.5 cm³/mol. The van der Waals surface area contributed by atoms with Gasteiger partial charge >= 0.3 is 0 Å². The molecule has 1 heterocycles. The molecule has 0 bridgehead atoms. The molecule has 1 aromatic rings. The summed E-state index contributed by atoms with van der Waals surface area (Å²) in [6.07, 6.45) is 2.98. The molecule has 0 saturated carbocycles. The SMILES string of the molecule is CC(CS(C)=O)Nc1ncnc(Cl)c1N. The van der Waals surface area contributed by atoms with E-state index in [1.807, 2.05) is 6.92 Å². The van der Waals surface area contributed by atoms with Crippen molar-refractivity contribution < 1.29 is 4.21 Å². The van der Waals surface area contributed by atoms with Crippen LogP contribution in [0.15, 0.2) is 6.33 Å². The number of hydrogen-bond acceptors (Lipinski definition) is 5. The first-order valence-electron chi connectivity index (χ1n) is 4.33. The van der Waals surface area contributed by atoms with Gasteiger partial charge in [-0.1, -0.05) is 11.6 Å². The van der Waals surface area contributed by atoms with Gasteiger partial charge in [-0.3, -0.25) is 4.21 Å². The van der Waals surface area contributed by atoms with Crippen molar-refractivity contribution in [1.82, 2.24) is 9.97 Å². The minimum Gasteiger partial charge on any atom is -0.393 e. The number of nitrogens with one attached hydrogen (secondary N) is 1. The highest BCUT2D eigenvalue weighted by molar-refractivity contribution is 7.84. The minimum atomic E-state index is -0.861. The van der Waals surface area contributed by atoms with Gasteiger partial charge < -0.3 is 11.1 Å². The average Bonchev–Trinajstić information content (AvgIpc) is 2.11. The lowest BCUT2D eigenvalue weighted by Crippen LogP contribution is -2.23. The summed E-state index contributed by atoms with van der Waals surface area (Å²) in [4.78, 5) is 7.69. The minimum absolute atomic E-state index is 0.0177. The summed E-state index contributed by atoms with van der Waals surface area (Å²) in [6, 6.07) is 0.0177. The van der Waals surface area contributed by atoms with Crippen LogP contribution in [-0.2, 0) is 10.8 Å². The van der Waals surface area contributed by atoms with Gasteiger partial charge in [-0.25, -0.2) is 9.97 Å². The molecule has 7 heteroatoms. The van der Waals surface area contributed by atoms with E-state index in [0.717, 1.165) is 0 Å². The molecule has 5 nitrogen and oxygen atoms in total. The molecule has 0 aliphatic carbocycles. The molecule has 0 aliphatic rings. The van der Waals surface area contributed by atoms with Crippen LogP contribution in [0.5, 0.6) is 0 Å². The van der Waals surface area contributed by atoms with E-state index in [0.29, 0.717) is 17.3 Å². The highest BCUT2D eigenvalue weighted by Crippen LogP contribution is 2.22. The van der Waals surface area contributed by atoms with Gasteiger partial charge in [0.15, 0.2) is 11.0 Å². The maximum absolute atomic E-state index is 11.0. The molecule has 84 valence electrons. The number of nitrogens with zero attached hydrogens (tertiary/aromatic N) is 2. The Morgan fingerprint density at radius 2 is 2.33 bits per heavy atom. The van der Waals surface area contributed by atoms with Crippen LogP contribution in [0.3, 0.4) is 0 Å². The largest absolute Gasteiger partial charge is 0.393 e. The van der Waals surface area contributed by atoms with Crippen LogP contribution < -0.4 is 11.1 Å². The molecule has 0 amide bonds. The summed E-state index contributed by atoms with van der Waals surface area (Å²) in [5, 5.41) is 3.25. The molecule has 2 unspecified atom stereocenters. The summed E-state index contributed by atoms with van der Waals surface area (Å²) < 4.78 is 11.0. The first-order valence-corrected chi connectivity index (χ1v) is 6.43. The standard InChI is InChI=1S/C8H13ClN4OS/c1-5(3-15(2)14)13-8-6(10)7(9)11-4-12-8/h4-5H,3,10H2,1-2H3,(H,11,12,13). The lowest BCUT2D eigenvalue weighted by molar-refractivity contribution is 0.683. The summed E-state index contributed by atoms with van der Waals surface area (Å²) in [5.41, 5.74) is 5.98. The zero-order chi connectivity index (χ0) is 11.4. The zero-order valence-corrected chi connectivity index (χ0v) is 10.1. The lowest BCUT2D eigenvalue weighted by atomic mass is 10.3. The molecule has 0 spiro atoms. The van der Waals surface area contributed by atoms with Crippen LogP contribution in [0, 0.1) is 0 Å². The lowest BCUT2D eigenvalue weighted by Gasteiger charge is -2.14. The molecule has 1 rings (SSSR count). The third-order valence-corrected chi connectivity index (χ3v) is 2.97. The highest BCUT2D eigenvalue weighted by Gasteiger charge is 2.09. The third-order valence-electron chi connectivity index (χ3n) is 1.70. The molecule has 0 saturated heterocycles. The molecular formula is C8H13ClN4OS. The number of nitrogen functional groups attached to an aromatic ring is 1. The maximum atomic E-state index is 11.0. The number of aromatic nitrogens is 2. The maximum Gasteiger partial charge on any atom is 0.157 e. The Morgan fingerprint density at radius 1 is 1.67 bits per heavy atom. The Morgan fingerprint density at radius 3 is 2.93 bits per heavy atom. The van der Waals surface area contributed by atoms with Crippen molar-refractivity contribution in [3.05, 3.63) is 11.5 Å². The molecule has 0 fully saturated rings. The Labute approximate surface area is 95.9 Å². The second-order valence-corrected chi connectivity index (χ2v) is 5.05. The summed E-state index contributed by atoms with van der Waals surface area (Å²) in [5.74, 6) is 1.01. The van der Waals surface area contributed by atoms with E-state index < -0.39 is 10.8 Å². The van der Waals surface area contributed by atoms with Crippen LogP contribution >= 0.6 is 11.6 Å². The van der Waals surface area contributed by atoms with Gasteiger partial charge in [0.25, 0.3) is 0 Å². The second kappa shape index (κ2) is 5.27. The van der Waals surface area contributed by atoms with Crippen molar-refractivity contribution in [2.24, 2.45) is 0 Å². The molecule has 3 N–H and O–H groups in total. The van der Waals surface area contributed by atoms with Gasteiger partial charge in [0.2, 0.25) is 0 Å². The molecule has 0 radical (unpaired) electrons. The molecule has 0 aliphatic heterocycles. The van der Waals surface area contributed by atoms with E-state index in [2.05, 4.69) is 15.3 Å². The predicted octanol–water partition coefficient (Wildman–Crippen LogP) is 0.891. The quantitative estimate of drug-likeness (QED) is 0.774.